The standard InChI is InChI=1S/C18H32O9/c1-6-7-11-25-16(23)27-14(20)13(24-5)18(15(21)22,17(2,3)4)26-12-9-8-10-19/h13,19H,6-12H2,1-5H3,(H,21,22). The van der Waals surface area contributed by atoms with Gasteiger partial charge in [0.15, 0.2) is 6.10 Å². The molecule has 0 radical (unpaired) electrons. The van der Waals surface area contributed by atoms with Gasteiger partial charge in [0.2, 0.25) is 5.60 Å². The lowest BCUT2D eigenvalue weighted by atomic mass is 9.72. The maximum atomic E-state index is 12.5. The van der Waals surface area contributed by atoms with Crippen LogP contribution in [-0.2, 0) is 28.5 Å². The Morgan fingerprint density at radius 2 is 1.67 bits per heavy atom. The van der Waals surface area contributed by atoms with E-state index < -0.39 is 35.2 Å². The number of esters is 1. The first-order valence-electron chi connectivity index (χ1n) is 8.97. The third-order valence-electron chi connectivity index (χ3n) is 4.03. The van der Waals surface area contributed by atoms with Gasteiger partial charge in [0.25, 0.3) is 0 Å². The van der Waals surface area contributed by atoms with Crippen LogP contribution in [0.1, 0.15) is 53.4 Å². The summed E-state index contributed by atoms with van der Waals surface area (Å²) in [5.41, 5.74) is -3.21. The minimum Gasteiger partial charge on any atom is -0.479 e. The fourth-order valence-corrected chi connectivity index (χ4v) is 2.52. The molecular formula is C18H32O9. The van der Waals surface area contributed by atoms with Crippen LogP contribution in [0.15, 0.2) is 0 Å². The second-order valence-corrected chi connectivity index (χ2v) is 7.06. The molecule has 0 spiro atoms. The van der Waals surface area contributed by atoms with Crippen molar-refractivity contribution in [1.29, 1.82) is 0 Å². The fourth-order valence-electron chi connectivity index (χ4n) is 2.52. The molecule has 158 valence electrons. The lowest BCUT2D eigenvalue weighted by Gasteiger charge is -2.43. The van der Waals surface area contributed by atoms with Crippen LogP contribution in [0, 0.1) is 5.41 Å². The zero-order valence-electron chi connectivity index (χ0n) is 16.8. The summed E-state index contributed by atoms with van der Waals surface area (Å²) in [6.07, 6.45) is -0.744. The first-order valence-corrected chi connectivity index (χ1v) is 8.97. The third-order valence-corrected chi connectivity index (χ3v) is 4.03. The Balaban J connectivity index is 5.52. The van der Waals surface area contributed by atoms with Crippen molar-refractivity contribution in [3.8, 4) is 0 Å². The quantitative estimate of drug-likeness (QED) is 0.291. The Morgan fingerprint density at radius 3 is 2.11 bits per heavy atom. The number of unbranched alkanes of at least 4 members (excludes halogenated alkanes) is 2. The van der Waals surface area contributed by atoms with Gasteiger partial charge in [-0.3, -0.25) is 0 Å². The highest BCUT2D eigenvalue weighted by molar-refractivity contribution is 5.92. The average molecular weight is 392 g/mol. The summed E-state index contributed by atoms with van der Waals surface area (Å²) in [5, 5.41) is 18.8. The highest BCUT2D eigenvalue weighted by Crippen LogP contribution is 2.39. The molecule has 0 fully saturated rings. The number of rotatable bonds is 12. The average Bonchev–Trinajstić information content (AvgIpc) is 2.56. The van der Waals surface area contributed by atoms with Gasteiger partial charge in [-0.25, -0.2) is 14.4 Å². The van der Waals surface area contributed by atoms with E-state index in [-0.39, 0.29) is 19.8 Å². The fraction of sp³-hybridized carbons (Fsp3) is 0.833. The normalized spacial score (nSPS) is 14.9. The Hall–Kier alpha value is -1.71. The molecule has 2 unspecified atom stereocenters. The van der Waals surface area contributed by atoms with Crippen LogP contribution in [0.25, 0.3) is 0 Å². The van der Waals surface area contributed by atoms with E-state index in [2.05, 4.69) is 4.74 Å². The SMILES string of the molecule is CCCCOC(=O)OC(=O)C(OC)C(OCCCCO)(C(=O)O)C(C)(C)C. The Bertz CT molecular complexity index is 484. The van der Waals surface area contributed by atoms with Crippen molar-refractivity contribution >= 4 is 18.1 Å². The molecule has 27 heavy (non-hydrogen) atoms. The maximum Gasteiger partial charge on any atom is 0.516 e. The summed E-state index contributed by atoms with van der Waals surface area (Å²) in [5.74, 6) is -2.64. The van der Waals surface area contributed by atoms with Crippen LogP contribution in [0.3, 0.4) is 0 Å². The molecule has 0 amide bonds. The molecule has 2 N–H and O–H groups in total. The molecule has 0 heterocycles. The van der Waals surface area contributed by atoms with Gasteiger partial charge in [-0.05, 0) is 19.3 Å². The van der Waals surface area contributed by atoms with E-state index >= 15 is 0 Å². The molecule has 0 aromatic rings. The summed E-state index contributed by atoms with van der Waals surface area (Å²) in [7, 11) is 1.13. The Labute approximate surface area is 159 Å². The van der Waals surface area contributed by atoms with Crippen LogP contribution in [0.4, 0.5) is 4.79 Å². The number of aliphatic carboxylic acids is 1. The molecule has 2 atom stereocenters. The second kappa shape index (κ2) is 11.9. The third kappa shape index (κ3) is 7.08. The second-order valence-electron chi connectivity index (χ2n) is 7.06. The van der Waals surface area contributed by atoms with Crippen molar-refractivity contribution in [3.05, 3.63) is 0 Å². The summed E-state index contributed by atoms with van der Waals surface area (Å²) >= 11 is 0. The number of carbonyl (C=O) groups is 3. The number of aliphatic hydroxyl groups is 1. The number of carboxylic acid groups (broad SMARTS) is 1. The highest BCUT2D eigenvalue weighted by atomic mass is 16.7. The van der Waals surface area contributed by atoms with Gasteiger partial charge in [-0.15, -0.1) is 0 Å². The Morgan fingerprint density at radius 1 is 1.04 bits per heavy atom. The van der Waals surface area contributed by atoms with Crippen molar-refractivity contribution in [1.82, 2.24) is 0 Å². The molecule has 0 saturated heterocycles. The molecule has 0 aliphatic carbocycles. The number of carboxylic acids is 1. The monoisotopic (exact) mass is 392 g/mol. The summed E-state index contributed by atoms with van der Waals surface area (Å²) < 4.78 is 20.1. The van der Waals surface area contributed by atoms with Gasteiger partial charge in [0.1, 0.15) is 0 Å². The van der Waals surface area contributed by atoms with Crippen LogP contribution in [0.5, 0.6) is 0 Å². The van der Waals surface area contributed by atoms with E-state index in [0.29, 0.717) is 19.3 Å². The van der Waals surface area contributed by atoms with Crippen LogP contribution in [0.2, 0.25) is 0 Å². The molecule has 0 saturated carbocycles. The lowest BCUT2D eigenvalue weighted by molar-refractivity contribution is -0.220. The molecular weight excluding hydrogens is 360 g/mol. The number of aliphatic hydroxyl groups excluding tert-OH is 1. The van der Waals surface area contributed by atoms with Crippen molar-refractivity contribution in [2.75, 3.05) is 26.9 Å². The van der Waals surface area contributed by atoms with Crippen LogP contribution >= 0.6 is 0 Å². The largest absolute Gasteiger partial charge is 0.516 e. The molecule has 0 aliphatic heterocycles. The molecule has 9 nitrogen and oxygen atoms in total. The molecule has 0 bridgehead atoms. The number of hydrogen-bond acceptors (Lipinski definition) is 8. The predicted octanol–water partition coefficient (Wildman–Crippen LogP) is 2.14. The van der Waals surface area contributed by atoms with Gasteiger partial charge in [-0.1, -0.05) is 34.1 Å². The molecule has 0 rings (SSSR count). The highest BCUT2D eigenvalue weighted by Gasteiger charge is 2.60. The van der Waals surface area contributed by atoms with Crippen molar-refractivity contribution in [2.24, 2.45) is 5.41 Å². The minimum absolute atomic E-state index is 0.0295. The first-order chi connectivity index (χ1) is 12.6. The van der Waals surface area contributed by atoms with Crippen molar-refractivity contribution in [3.63, 3.8) is 0 Å². The van der Waals surface area contributed by atoms with Crippen LogP contribution in [-0.4, -0.2) is 66.9 Å². The number of methoxy groups -OCH3 is 1. The van der Waals surface area contributed by atoms with E-state index in [1.54, 1.807) is 20.8 Å². The van der Waals surface area contributed by atoms with Gasteiger partial charge >= 0.3 is 18.1 Å². The maximum absolute atomic E-state index is 12.5. The van der Waals surface area contributed by atoms with Crippen molar-refractivity contribution < 1.29 is 43.5 Å². The summed E-state index contributed by atoms with van der Waals surface area (Å²) in [6.45, 7) is 6.61. The molecule has 0 aliphatic rings. The molecule has 0 aromatic carbocycles. The molecule has 9 heteroatoms. The smallest absolute Gasteiger partial charge is 0.479 e. The number of carbonyl (C=O) groups excluding carboxylic acids is 2. The van der Waals surface area contributed by atoms with E-state index in [1.807, 2.05) is 6.92 Å². The summed E-state index contributed by atoms with van der Waals surface area (Å²) in [4.78, 5) is 36.3. The first kappa shape index (κ1) is 25.3. The number of ether oxygens (including phenoxy) is 4. The van der Waals surface area contributed by atoms with Gasteiger partial charge in [0, 0.05) is 25.7 Å². The molecule has 0 aromatic heterocycles. The van der Waals surface area contributed by atoms with E-state index in [4.69, 9.17) is 19.3 Å². The number of hydrogen-bond donors (Lipinski definition) is 2. The lowest BCUT2D eigenvalue weighted by Crippen LogP contribution is -2.64. The summed E-state index contributed by atoms with van der Waals surface area (Å²) in [6, 6.07) is 0. The zero-order valence-corrected chi connectivity index (χ0v) is 16.8. The van der Waals surface area contributed by atoms with Gasteiger partial charge < -0.3 is 29.2 Å². The van der Waals surface area contributed by atoms with E-state index in [0.717, 1.165) is 13.5 Å². The van der Waals surface area contributed by atoms with Crippen LogP contribution < -0.4 is 0 Å². The Kier molecular flexibility index (Phi) is 11.1. The van der Waals surface area contributed by atoms with Gasteiger partial charge in [0.05, 0.1) is 6.61 Å². The minimum atomic E-state index is -2.11. The van der Waals surface area contributed by atoms with Gasteiger partial charge in [-0.2, -0.15) is 0 Å². The van der Waals surface area contributed by atoms with Crippen molar-refractivity contribution in [2.45, 2.75) is 65.1 Å². The van der Waals surface area contributed by atoms with E-state index in [9.17, 15) is 19.5 Å². The topological polar surface area (TPSA) is 129 Å². The predicted molar refractivity (Wildman–Crippen MR) is 95.2 cm³/mol. The zero-order chi connectivity index (χ0) is 21.1. The van der Waals surface area contributed by atoms with E-state index in [1.165, 1.54) is 0 Å².